The lowest BCUT2D eigenvalue weighted by Gasteiger charge is -2.44. The molecule has 0 aromatic heterocycles. The summed E-state index contributed by atoms with van der Waals surface area (Å²) in [6.07, 6.45) is -4.61. The zero-order valence-electron chi connectivity index (χ0n) is 20.6. The average Bonchev–Trinajstić information content (AvgIpc) is 2.74. The number of rotatable bonds is 13. The first-order valence-electron chi connectivity index (χ1n) is 11.0. The van der Waals surface area contributed by atoms with Crippen molar-refractivity contribution in [1.82, 2.24) is 10.6 Å². The maximum atomic E-state index is 11.9. The zero-order chi connectivity index (χ0) is 26.5. The maximum Gasteiger partial charge on any atom is 0.303 e. The Balaban J connectivity index is 2.91. The van der Waals surface area contributed by atoms with E-state index in [0.29, 0.717) is 5.57 Å². The van der Waals surface area contributed by atoms with Crippen LogP contribution >= 0.6 is 0 Å². The van der Waals surface area contributed by atoms with Gasteiger partial charge in [-0.3, -0.25) is 24.0 Å². The summed E-state index contributed by atoms with van der Waals surface area (Å²) >= 11 is 0. The zero-order valence-corrected chi connectivity index (χ0v) is 20.6. The molecule has 0 aromatic carbocycles. The van der Waals surface area contributed by atoms with Gasteiger partial charge in [0.1, 0.15) is 18.8 Å². The number of nitrogens with one attached hydrogen (secondary N) is 2. The first kappa shape index (κ1) is 30.0. The molecule has 0 spiro atoms. The first-order valence-corrected chi connectivity index (χ1v) is 11.0. The summed E-state index contributed by atoms with van der Waals surface area (Å²) < 4.78 is 32.7. The topological polar surface area (TPSA) is 165 Å². The molecule has 1 heterocycles. The fourth-order valence-electron chi connectivity index (χ4n) is 3.15. The van der Waals surface area contributed by atoms with E-state index >= 15 is 0 Å². The summed E-state index contributed by atoms with van der Waals surface area (Å²) in [6.45, 7) is 10.1. The lowest BCUT2D eigenvalue weighted by Crippen LogP contribution is -2.66. The van der Waals surface area contributed by atoms with Gasteiger partial charge in [-0.2, -0.15) is 0 Å². The van der Waals surface area contributed by atoms with E-state index in [1.54, 1.807) is 6.92 Å². The third kappa shape index (κ3) is 11.3. The van der Waals surface area contributed by atoms with Crippen LogP contribution in [-0.2, 0) is 52.4 Å². The van der Waals surface area contributed by atoms with Crippen molar-refractivity contribution >= 4 is 29.7 Å². The molecule has 1 fully saturated rings. The van der Waals surface area contributed by atoms with Crippen LogP contribution in [0.1, 0.15) is 34.6 Å². The molecule has 1 aliphatic rings. The highest BCUT2D eigenvalue weighted by Gasteiger charge is 2.51. The lowest BCUT2D eigenvalue weighted by atomic mass is 9.96. The van der Waals surface area contributed by atoms with Gasteiger partial charge in [-0.25, -0.2) is 0 Å². The van der Waals surface area contributed by atoms with Gasteiger partial charge in [-0.1, -0.05) is 6.58 Å². The Morgan fingerprint density at radius 1 is 0.857 bits per heavy atom. The third-order valence-electron chi connectivity index (χ3n) is 4.50. The van der Waals surface area contributed by atoms with Crippen molar-refractivity contribution in [3.63, 3.8) is 0 Å². The van der Waals surface area contributed by atoms with Gasteiger partial charge in [0, 0.05) is 39.8 Å². The van der Waals surface area contributed by atoms with Crippen molar-refractivity contribution in [2.45, 2.75) is 65.3 Å². The highest BCUT2D eigenvalue weighted by Crippen LogP contribution is 2.28. The molecular formula is C22H34N2O11. The van der Waals surface area contributed by atoms with Crippen LogP contribution in [0.2, 0.25) is 0 Å². The Morgan fingerprint density at radius 3 is 2.03 bits per heavy atom. The first-order chi connectivity index (χ1) is 16.4. The molecule has 2 amide bonds. The van der Waals surface area contributed by atoms with Crippen LogP contribution < -0.4 is 10.6 Å². The van der Waals surface area contributed by atoms with E-state index in [2.05, 4.69) is 17.2 Å². The van der Waals surface area contributed by atoms with Crippen molar-refractivity contribution in [2.24, 2.45) is 0 Å². The van der Waals surface area contributed by atoms with Gasteiger partial charge < -0.3 is 39.1 Å². The third-order valence-corrected chi connectivity index (χ3v) is 4.50. The van der Waals surface area contributed by atoms with Crippen molar-refractivity contribution in [2.75, 3.05) is 33.0 Å². The molecule has 1 saturated heterocycles. The molecule has 0 bridgehead atoms. The molecule has 0 saturated carbocycles. The van der Waals surface area contributed by atoms with E-state index < -0.39 is 54.5 Å². The molecule has 5 unspecified atom stereocenters. The summed E-state index contributed by atoms with van der Waals surface area (Å²) in [5.74, 6) is -2.76. The summed E-state index contributed by atoms with van der Waals surface area (Å²) in [7, 11) is 0. The smallest absolute Gasteiger partial charge is 0.303 e. The Bertz CT molecular complexity index is 785. The fourth-order valence-corrected chi connectivity index (χ4v) is 3.15. The fraction of sp³-hybridized carbons (Fsp3) is 0.682. The van der Waals surface area contributed by atoms with Gasteiger partial charge >= 0.3 is 17.9 Å². The number of carbonyl (C=O) groups is 5. The minimum atomic E-state index is -1.20. The van der Waals surface area contributed by atoms with Crippen molar-refractivity contribution in [1.29, 1.82) is 0 Å². The molecule has 198 valence electrons. The number of carbonyl (C=O) groups excluding carboxylic acids is 5. The van der Waals surface area contributed by atoms with Crippen LogP contribution in [0.15, 0.2) is 12.2 Å². The largest absolute Gasteiger partial charge is 0.463 e. The second kappa shape index (κ2) is 15.1. The average molecular weight is 503 g/mol. The van der Waals surface area contributed by atoms with Crippen LogP contribution in [0.5, 0.6) is 0 Å². The summed E-state index contributed by atoms with van der Waals surface area (Å²) in [6, 6.07) is -1.05. The predicted octanol–water partition coefficient (Wildman–Crippen LogP) is -0.632. The highest BCUT2D eigenvalue weighted by molar-refractivity contribution is 5.92. The van der Waals surface area contributed by atoms with Gasteiger partial charge in [0.25, 0.3) is 0 Å². The standard InChI is InChI=1S/C22H34N2O11/c1-12(2)21(29)23-7-8-30-9-10-31-22-18(24-13(3)25)20(34-16(6)28)19(33-15(5)27)17(35-22)11-32-14(4)26/h17-20,22H,1,7-11H2,2-6H3,(H,23,29)(H,24,25). The van der Waals surface area contributed by atoms with Crippen LogP contribution in [0, 0.1) is 0 Å². The molecule has 35 heavy (non-hydrogen) atoms. The summed E-state index contributed by atoms with van der Waals surface area (Å²) in [5.41, 5.74) is 0.379. The lowest BCUT2D eigenvalue weighted by molar-refractivity contribution is -0.279. The van der Waals surface area contributed by atoms with Crippen molar-refractivity contribution in [3.05, 3.63) is 12.2 Å². The number of amides is 2. The molecule has 13 nitrogen and oxygen atoms in total. The molecule has 13 heteroatoms. The van der Waals surface area contributed by atoms with Gasteiger partial charge in [-0.05, 0) is 6.92 Å². The van der Waals surface area contributed by atoms with Crippen LogP contribution in [0.4, 0.5) is 0 Å². The number of hydrogen-bond acceptors (Lipinski definition) is 11. The minimum Gasteiger partial charge on any atom is -0.463 e. The predicted molar refractivity (Wildman–Crippen MR) is 119 cm³/mol. The van der Waals surface area contributed by atoms with E-state index in [9.17, 15) is 24.0 Å². The van der Waals surface area contributed by atoms with Crippen molar-refractivity contribution < 1.29 is 52.4 Å². The number of ether oxygens (including phenoxy) is 6. The molecule has 0 aliphatic carbocycles. The molecule has 1 rings (SSSR count). The van der Waals surface area contributed by atoms with E-state index in [0.717, 1.165) is 13.8 Å². The Kier molecular flexibility index (Phi) is 12.9. The van der Waals surface area contributed by atoms with E-state index in [4.69, 9.17) is 28.4 Å². The molecule has 1 aliphatic heterocycles. The normalized spacial score (nSPS) is 23.5. The SMILES string of the molecule is C=C(C)C(=O)NCCOCCOC1OC(COC(C)=O)C(OC(C)=O)C(OC(C)=O)C1NC(C)=O. The summed E-state index contributed by atoms with van der Waals surface area (Å²) in [4.78, 5) is 58.2. The van der Waals surface area contributed by atoms with Gasteiger partial charge in [-0.15, -0.1) is 0 Å². The number of hydrogen-bond donors (Lipinski definition) is 2. The van der Waals surface area contributed by atoms with E-state index in [-0.39, 0.29) is 38.9 Å². The monoisotopic (exact) mass is 502 g/mol. The molecule has 0 aromatic rings. The van der Waals surface area contributed by atoms with Gasteiger partial charge in [0.15, 0.2) is 18.5 Å². The highest BCUT2D eigenvalue weighted by atomic mass is 16.7. The van der Waals surface area contributed by atoms with Crippen LogP contribution in [-0.4, -0.2) is 93.3 Å². The molecule has 5 atom stereocenters. The molecule has 0 radical (unpaired) electrons. The van der Waals surface area contributed by atoms with Gasteiger partial charge in [0.2, 0.25) is 11.8 Å². The maximum absolute atomic E-state index is 11.9. The Morgan fingerprint density at radius 2 is 1.49 bits per heavy atom. The Labute approximate surface area is 203 Å². The summed E-state index contributed by atoms with van der Waals surface area (Å²) in [5, 5.41) is 5.21. The van der Waals surface area contributed by atoms with Crippen LogP contribution in [0.25, 0.3) is 0 Å². The van der Waals surface area contributed by atoms with Crippen molar-refractivity contribution in [3.8, 4) is 0 Å². The molecular weight excluding hydrogens is 468 g/mol. The van der Waals surface area contributed by atoms with Crippen LogP contribution in [0.3, 0.4) is 0 Å². The second-order valence-electron chi connectivity index (χ2n) is 7.74. The quantitative estimate of drug-likeness (QED) is 0.142. The minimum absolute atomic E-state index is 0.000489. The van der Waals surface area contributed by atoms with Gasteiger partial charge in [0.05, 0.1) is 19.8 Å². The number of esters is 3. The molecule has 2 N–H and O–H groups in total. The van der Waals surface area contributed by atoms with E-state index in [1.807, 2.05) is 0 Å². The Hall–Kier alpha value is -3.03. The van der Waals surface area contributed by atoms with E-state index in [1.165, 1.54) is 13.8 Å². The second-order valence-corrected chi connectivity index (χ2v) is 7.74.